The van der Waals surface area contributed by atoms with Crippen LogP contribution in [0.25, 0.3) is 0 Å². The highest BCUT2D eigenvalue weighted by Crippen LogP contribution is 2.22. The zero-order valence-corrected chi connectivity index (χ0v) is 16.4. The van der Waals surface area contributed by atoms with Crippen LogP contribution in [0.15, 0.2) is 24.5 Å². The molecule has 3 heterocycles. The Morgan fingerprint density at radius 3 is 2.69 bits per heavy atom. The van der Waals surface area contributed by atoms with E-state index in [2.05, 4.69) is 15.0 Å². The minimum Gasteiger partial charge on any atom is -0.489 e. The molecule has 1 aliphatic heterocycles. The van der Waals surface area contributed by atoms with Crippen LogP contribution in [-0.4, -0.2) is 59.3 Å². The first-order chi connectivity index (χ1) is 12.3. The average molecular weight is 378 g/mol. The normalized spacial score (nSPS) is 18.3. The predicted octanol–water partition coefficient (Wildman–Crippen LogP) is 1.59. The van der Waals surface area contributed by atoms with Crippen molar-refractivity contribution in [1.29, 1.82) is 0 Å². The Morgan fingerprint density at radius 2 is 2.00 bits per heavy atom. The lowest BCUT2D eigenvalue weighted by molar-refractivity contribution is 0.198. The summed E-state index contributed by atoms with van der Waals surface area (Å²) in [5, 5.41) is 4.53. The van der Waals surface area contributed by atoms with E-state index in [-0.39, 0.29) is 11.9 Å². The van der Waals surface area contributed by atoms with Crippen molar-refractivity contribution < 1.29 is 13.2 Å². The quantitative estimate of drug-likeness (QED) is 0.728. The molecule has 1 atom stereocenters. The summed E-state index contributed by atoms with van der Waals surface area (Å²) in [6.07, 6.45) is 5.90. The van der Waals surface area contributed by atoms with E-state index in [1.165, 1.54) is 11.8 Å². The average Bonchev–Trinajstić information content (AvgIpc) is 3.13. The van der Waals surface area contributed by atoms with Gasteiger partial charge in [0.15, 0.2) is 0 Å². The topological polar surface area (TPSA) is 77.3 Å². The molecule has 142 valence electrons. The maximum atomic E-state index is 11.4. The third kappa shape index (κ3) is 4.82. The van der Waals surface area contributed by atoms with Gasteiger partial charge in [0.05, 0.1) is 18.0 Å². The van der Waals surface area contributed by atoms with E-state index in [1.54, 1.807) is 12.4 Å². The van der Waals surface area contributed by atoms with Crippen LogP contribution >= 0.6 is 0 Å². The van der Waals surface area contributed by atoms with Gasteiger partial charge >= 0.3 is 0 Å². The molecule has 7 nitrogen and oxygen atoms in total. The molecule has 2 aromatic rings. The summed E-state index contributed by atoms with van der Waals surface area (Å²) in [4.78, 5) is 6.37. The molecule has 1 unspecified atom stereocenters. The van der Waals surface area contributed by atoms with Crippen LogP contribution in [0.1, 0.15) is 23.4 Å². The summed E-state index contributed by atoms with van der Waals surface area (Å²) < 4.78 is 30.6. The molecule has 0 radical (unpaired) electrons. The summed E-state index contributed by atoms with van der Waals surface area (Å²) >= 11 is 0. The van der Waals surface area contributed by atoms with Gasteiger partial charge in [0.1, 0.15) is 21.7 Å². The minimum absolute atomic E-state index is 0.111. The third-order valence-corrected chi connectivity index (χ3v) is 5.69. The highest BCUT2D eigenvalue weighted by molar-refractivity contribution is 7.90. The van der Waals surface area contributed by atoms with E-state index in [0.29, 0.717) is 6.54 Å². The summed E-state index contributed by atoms with van der Waals surface area (Å²) in [5.74, 6) is 0.966. The predicted molar refractivity (Wildman–Crippen MR) is 100.0 cm³/mol. The number of likely N-dealkylation sites (tertiary alicyclic amines) is 1. The van der Waals surface area contributed by atoms with E-state index in [9.17, 15) is 8.42 Å². The standard InChI is InChI=1S/C18H26N4O3S/c1-14-18(15(2)22(20-14)10-11-26(3,23)24)13-21-9-6-17(12-21)25-16-4-7-19-8-5-16/h4-5,7-8,17H,6,9-13H2,1-3H3. The molecule has 1 aliphatic rings. The molecule has 2 aromatic heterocycles. The maximum Gasteiger partial charge on any atom is 0.149 e. The number of nitrogens with zero attached hydrogens (tertiary/aromatic N) is 4. The van der Waals surface area contributed by atoms with Crippen molar-refractivity contribution in [1.82, 2.24) is 19.7 Å². The lowest BCUT2D eigenvalue weighted by Gasteiger charge is -2.17. The highest BCUT2D eigenvalue weighted by Gasteiger charge is 2.26. The second-order valence-corrected chi connectivity index (χ2v) is 9.21. The van der Waals surface area contributed by atoms with Gasteiger partial charge in [-0.2, -0.15) is 5.10 Å². The van der Waals surface area contributed by atoms with Gasteiger partial charge in [0, 0.05) is 49.5 Å². The third-order valence-electron chi connectivity index (χ3n) is 4.77. The van der Waals surface area contributed by atoms with Crippen molar-refractivity contribution in [3.63, 3.8) is 0 Å². The SMILES string of the molecule is Cc1nn(CCS(C)(=O)=O)c(C)c1CN1CCC(Oc2ccncc2)C1. The van der Waals surface area contributed by atoms with Crippen LogP contribution < -0.4 is 4.74 Å². The number of aryl methyl sites for hydroxylation is 2. The van der Waals surface area contributed by atoms with Crippen LogP contribution in [0.5, 0.6) is 5.75 Å². The molecule has 0 N–H and O–H groups in total. The van der Waals surface area contributed by atoms with Gasteiger partial charge in [-0.1, -0.05) is 0 Å². The smallest absolute Gasteiger partial charge is 0.149 e. The number of pyridine rings is 1. The summed E-state index contributed by atoms with van der Waals surface area (Å²) in [7, 11) is -2.99. The monoisotopic (exact) mass is 378 g/mol. The Bertz CT molecular complexity index is 849. The van der Waals surface area contributed by atoms with Crippen LogP contribution in [0, 0.1) is 13.8 Å². The van der Waals surface area contributed by atoms with Gasteiger partial charge in [0.25, 0.3) is 0 Å². The van der Waals surface area contributed by atoms with Crippen LogP contribution in [-0.2, 0) is 22.9 Å². The molecule has 0 aromatic carbocycles. The Labute approximate surface area is 154 Å². The number of rotatable bonds is 7. The Hall–Kier alpha value is -1.93. The molecule has 26 heavy (non-hydrogen) atoms. The summed E-state index contributed by atoms with van der Waals surface area (Å²) in [6, 6.07) is 3.76. The van der Waals surface area contributed by atoms with Crippen molar-refractivity contribution in [2.75, 3.05) is 25.1 Å². The lowest BCUT2D eigenvalue weighted by atomic mass is 10.2. The molecule has 0 bridgehead atoms. The van der Waals surface area contributed by atoms with E-state index in [0.717, 1.165) is 43.2 Å². The first-order valence-corrected chi connectivity index (χ1v) is 10.9. The van der Waals surface area contributed by atoms with Gasteiger partial charge in [-0.3, -0.25) is 14.6 Å². The Kier molecular flexibility index (Phi) is 5.62. The maximum absolute atomic E-state index is 11.4. The molecule has 3 rings (SSSR count). The second kappa shape index (κ2) is 7.75. The molecule has 8 heteroatoms. The number of sulfone groups is 1. The Balaban J connectivity index is 1.60. The molecule has 1 saturated heterocycles. The molecule has 0 amide bonds. The first-order valence-electron chi connectivity index (χ1n) is 8.81. The first kappa shape index (κ1) is 18.8. The van der Waals surface area contributed by atoms with Crippen molar-refractivity contribution in [3.05, 3.63) is 41.5 Å². The Morgan fingerprint density at radius 1 is 1.27 bits per heavy atom. The number of hydrogen-bond donors (Lipinski definition) is 0. The molecule has 0 spiro atoms. The fourth-order valence-electron chi connectivity index (χ4n) is 3.30. The molecular weight excluding hydrogens is 352 g/mol. The van der Waals surface area contributed by atoms with E-state index in [4.69, 9.17) is 4.74 Å². The largest absolute Gasteiger partial charge is 0.489 e. The van der Waals surface area contributed by atoms with Gasteiger partial charge in [-0.25, -0.2) is 8.42 Å². The molecular formula is C18H26N4O3S. The summed E-state index contributed by atoms with van der Waals surface area (Å²) in [6.45, 7) is 7.06. The number of aromatic nitrogens is 3. The van der Waals surface area contributed by atoms with Gasteiger partial charge in [-0.15, -0.1) is 0 Å². The van der Waals surface area contributed by atoms with Crippen molar-refractivity contribution in [2.45, 2.75) is 39.5 Å². The van der Waals surface area contributed by atoms with Gasteiger partial charge in [0.2, 0.25) is 0 Å². The zero-order valence-electron chi connectivity index (χ0n) is 15.6. The lowest BCUT2D eigenvalue weighted by Crippen LogP contribution is -2.25. The molecule has 1 fully saturated rings. The number of hydrogen-bond acceptors (Lipinski definition) is 6. The fraction of sp³-hybridized carbons (Fsp3) is 0.556. The van der Waals surface area contributed by atoms with E-state index < -0.39 is 9.84 Å². The van der Waals surface area contributed by atoms with Gasteiger partial charge in [-0.05, 0) is 32.4 Å². The van der Waals surface area contributed by atoms with Crippen molar-refractivity contribution >= 4 is 9.84 Å². The number of ether oxygens (including phenoxy) is 1. The zero-order chi connectivity index (χ0) is 18.7. The van der Waals surface area contributed by atoms with E-state index in [1.807, 2.05) is 30.7 Å². The van der Waals surface area contributed by atoms with Crippen molar-refractivity contribution in [3.8, 4) is 5.75 Å². The van der Waals surface area contributed by atoms with Crippen LogP contribution in [0.4, 0.5) is 0 Å². The fourth-order valence-corrected chi connectivity index (χ4v) is 3.81. The minimum atomic E-state index is -2.99. The van der Waals surface area contributed by atoms with E-state index >= 15 is 0 Å². The van der Waals surface area contributed by atoms with Crippen LogP contribution in [0.3, 0.4) is 0 Å². The second-order valence-electron chi connectivity index (χ2n) is 6.95. The molecule has 0 aliphatic carbocycles. The van der Waals surface area contributed by atoms with Gasteiger partial charge < -0.3 is 4.74 Å². The van der Waals surface area contributed by atoms with Crippen LogP contribution in [0.2, 0.25) is 0 Å². The van der Waals surface area contributed by atoms with Crippen molar-refractivity contribution in [2.24, 2.45) is 0 Å². The highest BCUT2D eigenvalue weighted by atomic mass is 32.2. The molecule has 0 saturated carbocycles. The summed E-state index contributed by atoms with van der Waals surface area (Å²) in [5.41, 5.74) is 3.20.